The molecule has 0 saturated heterocycles. The summed E-state index contributed by atoms with van der Waals surface area (Å²) in [5, 5.41) is 0. The van der Waals surface area contributed by atoms with Crippen molar-refractivity contribution >= 4 is 0 Å². The first-order valence-electron chi connectivity index (χ1n) is 5.46. The molecule has 0 radical (unpaired) electrons. The lowest BCUT2D eigenvalue weighted by atomic mass is 10.0. The van der Waals surface area contributed by atoms with Crippen molar-refractivity contribution in [1.82, 2.24) is 4.90 Å². The molecule has 0 aliphatic carbocycles. The fraction of sp³-hybridized carbons (Fsp3) is 0.667. The third-order valence-corrected chi connectivity index (χ3v) is 2.66. The van der Waals surface area contributed by atoms with Crippen LogP contribution >= 0.6 is 0 Å². The standard InChI is InChI=1S/C12H22N2O/c1-5-12(3,13)9-14(4)8-11-7-6-10(2)15-11/h6-7H,5,8-9,13H2,1-4H3. The molecule has 0 bridgehead atoms. The van der Waals surface area contributed by atoms with Crippen LogP contribution in [0, 0.1) is 6.92 Å². The number of nitrogens with zero attached hydrogens (tertiary/aromatic N) is 1. The average molecular weight is 210 g/mol. The van der Waals surface area contributed by atoms with Crippen molar-refractivity contribution in [3.8, 4) is 0 Å². The topological polar surface area (TPSA) is 42.4 Å². The van der Waals surface area contributed by atoms with Crippen LogP contribution in [0.1, 0.15) is 31.8 Å². The van der Waals surface area contributed by atoms with Gasteiger partial charge in [-0.25, -0.2) is 0 Å². The summed E-state index contributed by atoms with van der Waals surface area (Å²) in [6, 6.07) is 4.01. The zero-order valence-electron chi connectivity index (χ0n) is 10.2. The van der Waals surface area contributed by atoms with E-state index in [-0.39, 0.29) is 5.54 Å². The Morgan fingerprint density at radius 3 is 2.60 bits per heavy atom. The van der Waals surface area contributed by atoms with E-state index >= 15 is 0 Å². The maximum Gasteiger partial charge on any atom is 0.118 e. The lowest BCUT2D eigenvalue weighted by Gasteiger charge is -2.28. The van der Waals surface area contributed by atoms with E-state index in [1.165, 1.54) is 0 Å². The molecule has 1 rings (SSSR count). The van der Waals surface area contributed by atoms with Crippen molar-refractivity contribution in [1.29, 1.82) is 0 Å². The van der Waals surface area contributed by atoms with Gasteiger partial charge in [-0.15, -0.1) is 0 Å². The van der Waals surface area contributed by atoms with E-state index in [9.17, 15) is 0 Å². The molecule has 1 atom stereocenters. The third kappa shape index (κ3) is 4.06. The highest BCUT2D eigenvalue weighted by atomic mass is 16.3. The molecule has 0 aromatic carbocycles. The second-order valence-electron chi connectivity index (χ2n) is 4.69. The number of hydrogen-bond donors (Lipinski definition) is 1. The predicted octanol–water partition coefficient (Wildman–Crippen LogP) is 2.15. The summed E-state index contributed by atoms with van der Waals surface area (Å²) in [5.74, 6) is 1.96. The van der Waals surface area contributed by atoms with E-state index < -0.39 is 0 Å². The van der Waals surface area contributed by atoms with Crippen LogP contribution in [0.3, 0.4) is 0 Å². The Morgan fingerprint density at radius 1 is 1.47 bits per heavy atom. The van der Waals surface area contributed by atoms with Crippen LogP contribution in [0.5, 0.6) is 0 Å². The molecule has 1 aromatic heterocycles. The monoisotopic (exact) mass is 210 g/mol. The fourth-order valence-corrected chi connectivity index (χ4v) is 1.62. The molecule has 1 aromatic rings. The quantitative estimate of drug-likeness (QED) is 0.809. The first kappa shape index (κ1) is 12.3. The molecule has 0 aliphatic heterocycles. The van der Waals surface area contributed by atoms with Crippen molar-refractivity contribution in [2.24, 2.45) is 5.73 Å². The Morgan fingerprint density at radius 2 is 2.13 bits per heavy atom. The van der Waals surface area contributed by atoms with E-state index in [4.69, 9.17) is 10.2 Å². The summed E-state index contributed by atoms with van der Waals surface area (Å²) < 4.78 is 5.52. The minimum Gasteiger partial charge on any atom is -0.465 e. The van der Waals surface area contributed by atoms with E-state index in [2.05, 4.69) is 25.8 Å². The Kier molecular flexibility index (Phi) is 3.94. The molecule has 86 valence electrons. The van der Waals surface area contributed by atoms with Gasteiger partial charge in [-0.05, 0) is 39.4 Å². The Hall–Kier alpha value is -0.800. The number of likely N-dealkylation sites (N-methyl/N-ethyl adjacent to an activating group) is 1. The molecular weight excluding hydrogens is 188 g/mol. The number of aryl methyl sites for hydroxylation is 1. The third-order valence-electron chi connectivity index (χ3n) is 2.66. The summed E-state index contributed by atoms with van der Waals surface area (Å²) in [7, 11) is 2.07. The predicted molar refractivity (Wildman–Crippen MR) is 62.7 cm³/mol. The van der Waals surface area contributed by atoms with Gasteiger partial charge in [0.15, 0.2) is 0 Å². The van der Waals surface area contributed by atoms with Crippen LogP contribution in [0.2, 0.25) is 0 Å². The molecule has 0 saturated carbocycles. The second kappa shape index (κ2) is 4.81. The van der Waals surface area contributed by atoms with E-state index in [0.717, 1.165) is 31.0 Å². The Bertz CT molecular complexity index is 304. The summed E-state index contributed by atoms with van der Waals surface area (Å²) in [5.41, 5.74) is 5.99. The maximum atomic E-state index is 6.10. The minimum absolute atomic E-state index is 0.115. The number of rotatable bonds is 5. The highest BCUT2D eigenvalue weighted by molar-refractivity contribution is 5.05. The smallest absolute Gasteiger partial charge is 0.118 e. The highest BCUT2D eigenvalue weighted by Gasteiger charge is 2.18. The largest absolute Gasteiger partial charge is 0.465 e. The van der Waals surface area contributed by atoms with Crippen LogP contribution in [-0.2, 0) is 6.54 Å². The number of furan rings is 1. The van der Waals surface area contributed by atoms with Gasteiger partial charge in [-0.1, -0.05) is 6.92 Å². The molecule has 0 aliphatic rings. The summed E-state index contributed by atoms with van der Waals surface area (Å²) >= 11 is 0. The maximum absolute atomic E-state index is 6.10. The van der Waals surface area contributed by atoms with Gasteiger partial charge in [0.25, 0.3) is 0 Å². The Labute approximate surface area is 92.2 Å². The lowest BCUT2D eigenvalue weighted by molar-refractivity contribution is 0.230. The van der Waals surface area contributed by atoms with Gasteiger partial charge in [0.2, 0.25) is 0 Å². The normalized spacial score (nSPS) is 15.6. The van der Waals surface area contributed by atoms with E-state index in [1.54, 1.807) is 0 Å². The summed E-state index contributed by atoms with van der Waals surface area (Å²) in [6.45, 7) is 7.86. The Balaban J connectivity index is 2.46. The van der Waals surface area contributed by atoms with Crippen LogP contribution in [0.15, 0.2) is 16.5 Å². The summed E-state index contributed by atoms with van der Waals surface area (Å²) in [6.07, 6.45) is 0.981. The fourth-order valence-electron chi connectivity index (χ4n) is 1.62. The number of nitrogens with two attached hydrogens (primary N) is 1. The zero-order valence-corrected chi connectivity index (χ0v) is 10.2. The first-order valence-corrected chi connectivity index (χ1v) is 5.46. The molecule has 0 spiro atoms. The molecular formula is C12H22N2O. The van der Waals surface area contributed by atoms with Gasteiger partial charge >= 0.3 is 0 Å². The first-order chi connectivity index (χ1) is 6.93. The van der Waals surface area contributed by atoms with Gasteiger partial charge in [-0.2, -0.15) is 0 Å². The molecule has 15 heavy (non-hydrogen) atoms. The second-order valence-corrected chi connectivity index (χ2v) is 4.69. The van der Waals surface area contributed by atoms with Gasteiger partial charge in [0.05, 0.1) is 6.54 Å². The SMILES string of the molecule is CCC(C)(N)CN(C)Cc1ccc(C)o1. The van der Waals surface area contributed by atoms with Crippen molar-refractivity contribution in [3.05, 3.63) is 23.7 Å². The average Bonchev–Trinajstić information content (AvgIpc) is 2.50. The molecule has 3 nitrogen and oxygen atoms in total. The van der Waals surface area contributed by atoms with Crippen LogP contribution < -0.4 is 5.73 Å². The van der Waals surface area contributed by atoms with Crippen molar-refractivity contribution < 1.29 is 4.42 Å². The lowest BCUT2D eigenvalue weighted by Crippen LogP contribution is -2.45. The molecule has 0 amide bonds. The summed E-state index contributed by atoms with van der Waals surface area (Å²) in [4.78, 5) is 2.20. The molecule has 1 heterocycles. The van der Waals surface area contributed by atoms with Gasteiger partial charge < -0.3 is 10.2 Å². The van der Waals surface area contributed by atoms with Gasteiger partial charge in [0, 0.05) is 12.1 Å². The molecule has 0 fully saturated rings. The van der Waals surface area contributed by atoms with Crippen LogP contribution in [0.4, 0.5) is 0 Å². The van der Waals surface area contributed by atoms with E-state index in [1.807, 2.05) is 19.1 Å². The highest BCUT2D eigenvalue weighted by Crippen LogP contribution is 2.12. The number of hydrogen-bond acceptors (Lipinski definition) is 3. The minimum atomic E-state index is -0.115. The molecule has 2 N–H and O–H groups in total. The van der Waals surface area contributed by atoms with Crippen LogP contribution in [0.25, 0.3) is 0 Å². The van der Waals surface area contributed by atoms with E-state index in [0.29, 0.717) is 0 Å². The van der Waals surface area contributed by atoms with Crippen LogP contribution in [-0.4, -0.2) is 24.0 Å². The van der Waals surface area contributed by atoms with Crippen molar-refractivity contribution in [3.63, 3.8) is 0 Å². The molecule has 3 heteroatoms. The van der Waals surface area contributed by atoms with Gasteiger partial charge in [-0.3, -0.25) is 4.90 Å². The van der Waals surface area contributed by atoms with Crippen molar-refractivity contribution in [2.75, 3.05) is 13.6 Å². The zero-order chi connectivity index (χ0) is 11.5. The molecule has 1 unspecified atom stereocenters. The van der Waals surface area contributed by atoms with Gasteiger partial charge in [0.1, 0.15) is 11.5 Å². The van der Waals surface area contributed by atoms with Crippen molar-refractivity contribution in [2.45, 2.75) is 39.3 Å².